The van der Waals surface area contributed by atoms with Crippen LogP contribution in [0.2, 0.25) is 0 Å². The minimum absolute atomic E-state index is 0.0611. The summed E-state index contributed by atoms with van der Waals surface area (Å²) in [7, 11) is -1.37. The Morgan fingerprint density at radius 1 is 0.159 bits per heavy atom. The van der Waals surface area contributed by atoms with Gasteiger partial charge in [-0.05, 0) is 303 Å². The molecule has 0 aromatic heterocycles. The number of hydrogen-bond donors (Lipinski definition) is 2. The van der Waals surface area contributed by atoms with E-state index in [0.717, 1.165) is 29.0 Å². The van der Waals surface area contributed by atoms with Gasteiger partial charge in [0.1, 0.15) is 0 Å². The van der Waals surface area contributed by atoms with Crippen molar-refractivity contribution in [2.75, 3.05) is 0 Å². The topological polar surface area (TPSA) is 40.5 Å². The summed E-state index contributed by atoms with van der Waals surface area (Å²) in [6.45, 7) is 47.4. The normalized spacial score (nSPS) is 12.2. The van der Waals surface area contributed by atoms with E-state index in [9.17, 15) is 0 Å². The van der Waals surface area contributed by atoms with Gasteiger partial charge in [0.2, 0.25) is 0 Å². The maximum absolute atomic E-state index is 8.87. The molecule has 13 aromatic rings. The van der Waals surface area contributed by atoms with Gasteiger partial charge in [-0.3, -0.25) is 0 Å². The van der Waals surface area contributed by atoms with Crippen molar-refractivity contribution in [1.82, 2.24) is 0 Å². The van der Waals surface area contributed by atoms with Gasteiger partial charge in [-0.15, -0.1) is 0 Å². The molecule has 0 aliphatic carbocycles. The zero-order valence-electron chi connectivity index (χ0n) is 70.0. The van der Waals surface area contributed by atoms with Gasteiger partial charge in [-0.25, -0.2) is 0 Å². The highest BCUT2D eigenvalue weighted by atomic mass is 79.9. The second kappa shape index (κ2) is 34.3. The molecule has 0 unspecified atom stereocenters. The molecule has 13 rings (SSSR count). The molecule has 0 radical (unpaired) electrons. The Bertz CT molecular complexity index is 5030. The fourth-order valence-electron chi connectivity index (χ4n) is 14.1. The van der Waals surface area contributed by atoms with Gasteiger partial charge in [0.15, 0.2) is 0 Å². The van der Waals surface area contributed by atoms with Crippen molar-refractivity contribution in [3.8, 4) is 111 Å². The molecular formula is C106H111BBr4O2. The van der Waals surface area contributed by atoms with Crippen LogP contribution in [0.4, 0.5) is 0 Å². The van der Waals surface area contributed by atoms with Crippen molar-refractivity contribution in [3.63, 3.8) is 0 Å². The summed E-state index contributed by atoms with van der Waals surface area (Å²) in [6.07, 6.45) is 0. The summed E-state index contributed by atoms with van der Waals surface area (Å²) >= 11 is 14.6. The molecule has 0 saturated carbocycles. The van der Waals surface area contributed by atoms with Crippen LogP contribution in [0.15, 0.2) is 297 Å². The third kappa shape index (κ3) is 22.3. The minimum Gasteiger partial charge on any atom is -0.423 e. The average molecular weight is 1750 g/mol. The Morgan fingerprint density at radius 2 is 0.274 bits per heavy atom. The first-order valence-electron chi connectivity index (χ1n) is 39.5. The number of halogens is 4. The molecule has 0 spiro atoms. The van der Waals surface area contributed by atoms with Crippen LogP contribution in [-0.2, 0) is 37.9 Å². The largest absolute Gasteiger partial charge is 0.488 e. The lowest BCUT2D eigenvalue weighted by atomic mass is 9.78. The zero-order valence-corrected chi connectivity index (χ0v) is 76.4. The minimum atomic E-state index is -1.37. The molecule has 2 N–H and O–H groups in total. The third-order valence-corrected chi connectivity index (χ3v) is 23.2. The molecule has 13 aromatic carbocycles. The van der Waals surface area contributed by atoms with E-state index in [0.29, 0.717) is 5.46 Å². The van der Waals surface area contributed by atoms with E-state index < -0.39 is 7.12 Å². The van der Waals surface area contributed by atoms with Crippen LogP contribution in [0.5, 0.6) is 0 Å². The fourth-order valence-corrected chi connectivity index (χ4v) is 16.7. The van der Waals surface area contributed by atoms with Gasteiger partial charge in [0.05, 0.1) is 0 Å². The molecular weight excluding hydrogens is 1640 g/mol. The quantitative estimate of drug-likeness (QED) is 0.127. The highest BCUT2D eigenvalue weighted by Crippen LogP contribution is 2.44. The van der Waals surface area contributed by atoms with E-state index in [-0.39, 0.29) is 37.9 Å². The second-order valence-corrected chi connectivity index (χ2v) is 41.4. The number of hydrogen-bond acceptors (Lipinski definition) is 2. The van der Waals surface area contributed by atoms with E-state index in [1.54, 1.807) is 12.1 Å². The van der Waals surface area contributed by atoms with Crippen LogP contribution in [0.1, 0.15) is 184 Å². The Hall–Kier alpha value is -8.24. The van der Waals surface area contributed by atoms with Crippen LogP contribution >= 0.6 is 63.7 Å². The zero-order chi connectivity index (χ0) is 82.1. The van der Waals surface area contributed by atoms with Crippen LogP contribution in [0.3, 0.4) is 0 Å². The van der Waals surface area contributed by atoms with E-state index in [1.807, 2.05) is 12.1 Å². The van der Waals surface area contributed by atoms with Crippen LogP contribution < -0.4 is 5.46 Å². The molecule has 0 atom stereocenters. The molecule has 0 heterocycles. The predicted octanol–water partition coefficient (Wildman–Crippen LogP) is 31.5. The van der Waals surface area contributed by atoms with Crippen LogP contribution in [0, 0.1) is 0 Å². The lowest BCUT2D eigenvalue weighted by Gasteiger charge is -2.21. The summed E-state index contributed by atoms with van der Waals surface area (Å²) < 4.78 is 4.20. The molecule has 0 aliphatic rings. The Morgan fingerprint density at radius 3 is 0.398 bits per heavy atom. The van der Waals surface area contributed by atoms with E-state index >= 15 is 0 Å². The lowest BCUT2D eigenvalue weighted by Crippen LogP contribution is -2.29. The van der Waals surface area contributed by atoms with Crippen molar-refractivity contribution < 1.29 is 10.0 Å². The van der Waals surface area contributed by atoms with Gasteiger partial charge in [0, 0.05) is 17.9 Å². The summed E-state index contributed by atoms with van der Waals surface area (Å²) in [6, 6.07) is 104. The van der Waals surface area contributed by atoms with Gasteiger partial charge in [-0.1, -0.05) is 379 Å². The Labute approximate surface area is 710 Å². The summed E-state index contributed by atoms with van der Waals surface area (Å²) in [5.74, 6) is 0. The molecule has 2 nitrogen and oxygen atoms in total. The number of benzene rings is 13. The Kier molecular flexibility index (Phi) is 26.0. The second-order valence-electron chi connectivity index (χ2n) is 37.7. The SMILES string of the molecule is CC(C)(C)c1ccc(-c2cc(-c3cc(Br)cc(Br)c3)cc(-c3cc(Br)cc(Br)c3)c2)cc1.CC(C)(C)c1ccc(-c2cc(-c3ccc(C(C)(C)C)cc3)cc(-c3cc(-c4ccc(C(C)(C)C)cc4)cc(-c4cc(-c5ccc(C(C)(C)C)cc5)cc(-c5ccc(C(C)(C)C)cc5)c4)c3)c2)cc1.CC(C)(C)c1ccc(B(O)O)cc1. The molecule has 578 valence electrons. The molecule has 0 bridgehead atoms. The fraction of sp³-hybridized carbons (Fsp3) is 0.264. The summed E-state index contributed by atoms with van der Waals surface area (Å²) in [4.78, 5) is 0. The van der Waals surface area contributed by atoms with Crippen molar-refractivity contribution in [2.45, 2.75) is 183 Å². The van der Waals surface area contributed by atoms with Gasteiger partial charge in [-0.2, -0.15) is 0 Å². The molecule has 0 amide bonds. The molecule has 0 saturated heterocycles. The third-order valence-electron chi connectivity index (χ3n) is 21.4. The highest BCUT2D eigenvalue weighted by molar-refractivity contribution is 9.11. The smallest absolute Gasteiger partial charge is 0.423 e. The molecule has 0 fully saturated rings. The molecule has 0 aliphatic heterocycles. The average Bonchev–Trinajstić information content (AvgIpc) is 0.780. The first kappa shape index (κ1) is 85.6. The highest BCUT2D eigenvalue weighted by Gasteiger charge is 2.23. The van der Waals surface area contributed by atoms with Crippen LogP contribution in [0.25, 0.3) is 111 Å². The molecule has 7 heteroatoms. The van der Waals surface area contributed by atoms with Crippen molar-refractivity contribution in [1.29, 1.82) is 0 Å². The van der Waals surface area contributed by atoms with E-state index in [1.165, 1.54) is 139 Å². The maximum Gasteiger partial charge on any atom is 0.488 e. The predicted molar refractivity (Wildman–Crippen MR) is 505 cm³/mol. The van der Waals surface area contributed by atoms with E-state index in [2.05, 4.69) is 464 Å². The van der Waals surface area contributed by atoms with Crippen molar-refractivity contribution in [3.05, 3.63) is 336 Å². The van der Waals surface area contributed by atoms with Crippen molar-refractivity contribution >= 4 is 76.3 Å². The van der Waals surface area contributed by atoms with Crippen molar-refractivity contribution in [2.24, 2.45) is 0 Å². The molecule has 113 heavy (non-hydrogen) atoms. The monoisotopic (exact) mass is 1740 g/mol. The van der Waals surface area contributed by atoms with Gasteiger partial charge in [0.25, 0.3) is 0 Å². The van der Waals surface area contributed by atoms with Crippen LogP contribution in [-0.4, -0.2) is 17.2 Å². The lowest BCUT2D eigenvalue weighted by molar-refractivity contribution is 0.425. The van der Waals surface area contributed by atoms with Gasteiger partial charge >= 0.3 is 7.12 Å². The first-order chi connectivity index (χ1) is 52.8. The summed E-state index contributed by atoms with van der Waals surface area (Å²) in [5.41, 5.74) is 34.3. The van der Waals surface area contributed by atoms with Gasteiger partial charge < -0.3 is 10.0 Å². The maximum atomic E-state index is 8.87. The Balaban J connectivity index is 0.000000228. The van der Waals surface area contributed by atoms with E-state index in [4.69, 9.17) is 10.0 Å². The summed E-state index contributed by atoms with van der Waals surface area (Å²) in [5, 5.41) is 17.7. The number of rotatable bonds is 11. The first-order valence-corrected chi connectivity index (χ1v) is 42.6. The standard InChI is InChI=1S/C68H74.C28H22Br4.C10H15BO2/c1-64(2,3)59-26-16-45(17-27-59)50-36-51(46-18-28-60(29-19-46)65(4,5)6)39-55(38-50)57-42-54(49-24-34-63(35-25-49)68(13,14)15)43-58(44-57)56-40-52(47-20-30-61(31-21-47)66(7,8)9)37-53(41-56)48-22-32-62(33-23-48)67(10,11)12;1-28(2,3)23-6-4-17(5-7-23)18-8-19(21-11-24(29)15-25(30)12-21)10-20(9-18)22-13-26(31)16-27(32)14-22;1-10(2,3)8-4-6-9(7-5-8)11(12)13/h16-44H,1-15H3;4-16H,1-3H3;4-7,12-13H,1-3H3.